The SMILES string of the molecule is Cc1ccc(C)c(NC(=O)Cc2nc(CN3CCCCC3C(=O)O)cs2)c1. The van der Waals surface area contributed by atoms with Gasteiger partial charge in [0.25, 0.3) is 0 Å². The largest absolute Gasteiger partial charge is 0.480 e. The zero-order valence-electron chi connectivity index (χ0n) is 15.7. The van der Waals surface area contributed by atoms with Gasteiger partial charge in [-0.25, -0.2) is 4.98 Å². The lowest BCUT2D eigenvalue weighted by atomic mass is 10.0. The van der Waals surface area contributed by atoms with Crippen LogP contribution in [-0.4, -0.2) is 39.5 Å². The molecule has 144 valence electrons. The first kappa shape index (κ1) is 19.5. The van der Waals surface area contributed by atoms with Crippen molar-refractivity contribution in [2.45, 2.75) is 52.1 Å². The van der Waals surface area contributed by atoms with Crippen LogP contribution in [0.1, 0.15) is 41.1 Å². The van der Waals surface area contributed by atoms with Crippen LogP contribution in [0.25, 0.3) is 0 Å². The number of carboxylic acids is 1. The van der Waals surface area contributed by atoms with E-state index in [0.717, 1.165) is 46.9 Å². The molecule has 0 saturated carbocycles. The van der Waals surface area contributed by atoms with Crippen LogP contribution in [-0.2, 0) is 22.6 Å². The van der Waals surface area contributed by atoms with E-state index in [1.165, 1.54) is 11.3 Å². The Morgan fingerprint density at radius 2 is 2.15 bits per heavy atom. The van der Waals surface area contributed by atoms with Crippen LogP contribution in [0.4, 0.5) is 5.69 Å². The summed E-state index contributed by atoms with van der Waals surface area (Å²) in [6.07, 6.45) is 2.87. The van der Waals surface area contributed by atoms with Gasteiger partial charge in [-0.2, -0.15) is 0 Å². The van der Waals surface area contributed by atoms with E-state index in [1.807, 2.05) is 42.3 Å². The number of rotatable bonds is 6. The third kappa shape index (κ3) is 5.14. The van der Waals surface area contributed by atoms with E-state index in [4.69, 9.17) is 0 Å². The molecular weight excluding hydrogens is 362 g/mol. The Morgan fingerprint density at radius 1 is 1.33 bits per heavy atom. The molecule has 0 aliphatic carbocycles. The topological polar surface area (TPSA) is 82.5 Å². The molecule has 1 atom stereocenters. The predicted octanol–water partition coefficient (Wildman–Crippen LogP) is 3.38. The van der Waals surface area contributed by atoms with Gasteiger partial charge in [0.1, 0.15) is 11.0 Å². The summed E-state index contributed by atoms with van der Waals surface area (Å²) in [5.74, 6) is -0.857. The van der Waals surface area contributed by atoms with Crippen molar-refractivity contribution in [1.29, 1.82) is 0 Å². The minimum atomic E-state index is -0.766. The molecule has 1 aromatic carbocycles. The number of likely N-dealkylation sites (tertiary alicyclic amines) is 1. The van der Waals surface area contributed by atoms with E-state index >= 15 is 0 Å². The summed E-state index contributed by atoms with van der Waals surface area (Å²) in [7, 11) is 0. The smallest absolute Gasteiger partial charge is 0.320 e. The first-order valence-electron chi connectivity index (χ1n) is 9.19. The van der Waals surface area contributed by atoms with Crippen molar-refractivity contribution in [2.75, 3.05) is 11.9 Å². The number of aliphatic carboxylic acids is 1. The molecule has 3 rings (SSSR count). The zero-order valence-corrected chi connectivity index (χ0v) is 16.5. The molecule has 1 saturated heterocycles. The highest BCUT2D eigenvalue weighted by molar-refractivity contribution is 7.09. The van der Waals surface area contributed by atoms with Crippen molar-refractivity contribution in [3.63, 3.8) is 0 Å². The summed E-state index contributed by atoms with van der Waals surface area (Å²) in [4.78, 5) is 30.3. The molecular formula is C20H25N3O3S. The molecule has 2 heterocycles. The van der Waals surface area contributed by atoms with Gasteiger partial charge in [-0.15, -0.1) is 11.3 Å². The number of aryl methyl sites for hydroxylation is 2. The molecule has 2 N–H and O–H groups in total. The molecule has 1 fully saturated rings. The first-order chi connectivity index (χ1) is 12.9. The fourth-order valence-corrected chi connectivity index (χ4v) is 4.16. The molecule has 1 unspecified atom stereocenters. The second-order valence-corrected chi connectivity index (χ2v) is 8.04. The van der Waals surface area contributed by atoms with Gasteiger partial charge < -0.3 is 10.4 Å². The number of carbonyl (C=O) groups is 2. The third-order valence-electron chi connectivity index (χ3n) is 4.84. The first-order valence-corrected chi connectivity index (χ1v) is 10.1. The van der Waals surface area contributed by atoms with E-state index < -0.39 is 12.0 Å². The molecule has 0 bridgehead atoms. The molecule has 1 aliphatic rings. The summed E-state index contributed by atoms with van der Waals surface area (Å²) in [6.45, 7) is 5.25. The van der Waals surface area contributed by atoms with Crippen LogP contribution in [0, 0.1) is 13.8 Å². The second kappa shape index (κ2) is 8.63. The minimum Gasteiger partial charge on any atom is -0.480 e. The average molecular weight is 388 g/mol. The van der Waals surface area contributed by atoms with E-state index in [-0.39, 0.29) is 12.3 Å². The van der Waals surface area contributed by atoms with Crippen molar-refractivity contribution >= 4 is 28.9 Å². The summed E-state index contributed by atoms with van der Waals surface area (Å²) >= 11 is 1.45. The zero-order chi connectivity index (χ0) is 19.4. The lowest BCUT2D eigenvalue weighted by molar-refractivity contribution is -0.144. The van der Waals surface area contributed by atoms with Crippen molar-refractivity contribution in [1.82, 2.24) is 9.88 Å². The van der Waals surface area contributed by atoms with Crippen LogP contribution < -0.4 is 5.32 Å². The molecule has 0 spiro atoms. The fourth-order valence-electron chi connectivity index (χ4n) is 3.37. The number of carboxylic acid groups (broad SMARTS) is 1. The van der Waals surface area contributed by atoms with Crippen LogP contribution in [0.15, 0.2) is 23.6 Å². The lowest BCUT2D eigenvalue weighted by Crippen LogP contribution is -2.44. The van der Waals surface area contributed by atoms with Crippen LogP contribution in [0.2, 0.25) is 0 Å². The maximum atomic E-state index is 12.4. The van der Waals surface area contributed by atoms with Gasteiger partial charge in [-0.3, -0.25) is 14.5 Å². The van der Waals surface area contributed by atoms with E-state index in [2.05, 4.69) is 10.3 Å². The Labute approximate surface area is 163 Å². The number of aromatic nitrogens is 1. The van der Waals surface area contributed by atoms with Crippen molar-refractivity contribution < 1.29 is 14.7 Å². The molecule has 27 heavy (non-hydrogen) atoms. The van der Waals surface area contributed by atoms with Crippen LogP contribution >= 0.6 is 11.3 Å². The Kier molecular flexibility index (Phi) is 6.23. The number of nitrogens with one attached hydrogen (secondary N) is 1. The number of piperidine rings is 1. The fraction of sp³-hybridized carbons (Fsp3) is 0.450. The minimum absolute atomic E-state index is 0.0917. The molecule has 1 aromatic heterocycles. The summed E-state index contributed by atoms with van der Waals surface area (Å²) < 4.78 is 0. The monoisotopic (exact) mass is 387 g/mol. The number of nitrogens with zero attached hydrogens (tertiary/aromatic N) is 2. The molecule has 6 nitrogen and oxygen atoms in total. The quantitative estimate of drug-likeness (QED) is 0.794. The molecule has 1 aliphatic heterocycles. The van der Waals surface area contributed by atoms with E-state index in [9.17, 15) is 14.7 Å². The van der Waals surface area contributed by atoms with Gasteiger partial charge in [0.2, 0.25) is 5.91 Å². The van der Waals surface area contributed by atoms with Gasteiger partial charge in [-0.1, -0.05) is 18.6 Å². The van der Waals surface area contributed by atoms with E-state index in [0.29, 0.717) is 13.0 Å². The predicted molar refractivity (Wildman–Crippen MR) is 106 cm³/mol. The maximum Gasteiger partial charge on any atom is 0.320 e. The highest BCUT2D eigenvalue weighted by atomic mass is 32.1. The number of carbonyl (C=O) groups excluding carboxylic acids is 1. The molecule has 7 heteroatoms. The Balaban J connectivity index is 1.59. The number of hydrogen-bond donors (Lipinski definition) is 2. The third-order valence-corrected chi connectivity index (χ3v) is 5.74. The van der Waals surface area contributed by atoms with Gasteiger partial charge in [0.15, 0.2) is 0 Å². The molecule has 0 radical (unpaired) electrons. The Hall–Kier alpha value is -2.25. The van der Waals surface area contributed by atoms with Gasteiger partial charge in [0.05, 0.1) is 12.1 Å². The van der Waals surface area contributed by atoms with Gasteiger partial charge in [-0.05, 0) is 50.4 Å². The van der Waals surface area contributed by atoms with E-state index in [1.54, 1.807) is 0 Å². The highest BCUT2D eigenvalue weighted by Crippen LogP contribution is 2.22. The average Bonchev–Trinajstić information content (AvgIpc) is 3.05. The molecule has 2 aromatic rings. The highest BCUT2D eigenvalue weighted by Gasteiger charge is 2.28. The summed E-state index contributed by atoms with van der Waals surface area (Å²) in [5, 5.41) is 15.0. The second-order valence-electron chi connectivity index (χ2n) is 7.10. The van der Waals surface area contributed by atoms with Crippen LogP contribution in [0.5, 0.6) is 0 Å². The number of amides is 1. The summed E-state index contributed by atoms with van der Waals surface area (Å²) in [6, 6.07) is 5.53. The normalized spacial score (nSPS) is 17.6. The maximum absolute atomic E-state index is 12.4. The number of benzene rings is 1. The number of thiazole rings is 1. The van der Waals surface area contributed by atoms with Crippen molar-refractivity contribution in [2.24, 2.45) is 0 Å². The standard InChI is InChI=1S/C20H25N3O3S/c1-13-6-7-14(2)16(9-13)22-18(24)10-19-21-15(12-27-19)11-23-8-4-3-5-17(23)20(25)26/h6-7,9,12,17H,3-5,8,10-11H2,1-2H3,(H,22,24)(H,25,26). The lowest BCUT2D eigenvalue weighted by Gasteiger charge is -2.32. The van der Waals surface area contributed by atoms with Crippen molar-refractivity contribution in [3.05, 3.63) is 45.4 Å². The number of hydrogen-bond acceptors (Lipinski definition) is 5. The van der Waals surface area contributed by atoms with Gasteiger partial charge in [0, 0.05) is 17.6 Å². The summed E-state index contributed by atoms with van der Waals surface area (Å²) in [5.41, 5.74) is 3.79. The Morgan fingerprint density at radius 3 is 2.93 bits per heavy atom. The van der Waals surface area contributed by atoms with Crippen molar-refractivity contribution in [3.8, 4) is 0 Å². The number of anilines is 1. The Bertz CT molecular complexity index is 834. The van der Waals surface area contributed by atoms with Crippen LogP contribution in [0.3, 0.4) is 0 Å². The van der Waals surface area contributed by atoms with Gasteiger partial charge >= 0.3 is 5.97 Å². The molecule has 1 amide bonds.